The number of aliphatic hydroxyl groups is 1. The van der Waals surface area contributed by atoms with E-state index in [9.17, 15) is 18.7 Å². The number of H-pyrrole nitrogens is 1. The number of carbonyl (C=O) groups is 1. The van der Waals surface area contributed by atoms with E-state index in [1.807, 2.05) is 13.8 Å². The summed E-state index contributed by atoms with van der Waals surface area (Å²) in [6, 6.07) is 3.19. The summed E-state index contributed by atoms with van der Waals surface area (Å²) in [6.45, 7) is 4.13. The van der Waals surface area contributed by atoms with Gasteiger partial charge in [0.25, 0.3) is 0 Å². The smallest absolute Gasteiger partial charge is 0.340 e. The predicted octanol–water partition coefficient (Wildman–Crippen LogP) is 2.49. The van der Waals surface area contributed by atoms with Crippen LogP contribution in [0.25, 0.3) is 5.57 Å². The van der Waals surface area contributed by atoms with Crippen molar-refractivity contribution in [1.29, 1.82) is 0 Å². The van der Waals surface area contributed by atoms with Crippen LogP contribution < -0.4 is 0 Å². The molecule has 1 unspecified atom stereocenters. The first kappa shape index (κ1) is 18.1. The summed E-state index contributed by atoms with van der Waals surface area (Å²) >= 11 is 0. The SMILES string of the molecule is COC(=O)C1=CN(C(O)c2ccc(F)c(F)c2)CC(C)(C)c2[nH]ncc21. The summed E-state index contributed by atoms with van der Waals surface area (Å²) in [6.07, 6.45) is 1.70. The summed E-state index contributed by atoms with van der Waals surface area (Å²) < 4.78 is 31.6. The lowest BCUT2D eigenvalue weighted by molar-refractivity contribution is -0.133. The van der Waals surface area contributed by atoms with E-state index < -0.39 is 29.2 Å². The summed E-state index contributed by atoms with van der Waals surface area (Å²) in [7, 11) is 1.26. The Morgan fingerprint density at radius 1 is 1.38 bits per heavy atom. The zero-order valence-corrected chi connectivity index (χ0v) is 14.6. The number of rotatable bonds is 3. The van der Waals surface area contributed by atoms with Gasteiger partial charge in [-0.3, -0.25) is 5.10 Å². The van der Waals surface area contributed by atoms with Crippen molar-refractivity contribution >= 4 is 11.5 Å². The van der Waals surface area contributed by atoms with Crippen LogP contribution in [0.3, 0.4) is 0 Å². The largest absolute Gasteiger partial charge is 0.465 e. The Labute approximate surface area is 149 Å². The fraction of sp³-hybridized carbons (Fsp3) is 0.333. The third kappa shape index (κ3) is 3.08. The predicted molar refractivity (Wildman–Crippen MR) is 89.6 cm³/mol. The number of aliphatic hydroxyl groups excluding tert-OH is 1. The number of aromatic amines is 1. The Morgan fingerprint density at radius 2 is 2.12 bits per heavy atom. The Morgan fingerprint density at radius 3 is 2.77 bits per heavy atom. The molecule has 2 heterocycles. The molecule has 0 saturated heterocycles. The molecule has 1 aromatic heterocycles. The summed E-state index contributed by atoms with van der Waals surface area (Å²) in [5.41, 5.74) is 1.15. The van der Waals surface area contributed by atoms with Gasteiger partial charge in [-0.1, -0.05) is 19.9 Å². The van der Waals surface area contributed by atoms with Crippen LogP contribution in [0.15, 0.2) is 30.6 Å². The number of hydrogen-bond acceptors (Lipinski definition) is 5. The number of methoxy groups -OCH3 is 1. The van der Waals surface area contributed by atoms with Gasteiger partial charge in [-0.25, -0.2) is 13.6 Å². The van der Waals surface area contributed by atoms with Crippen molar-refractivity contribution in [3.63, 3.8) is 0 Å². The van der Waals surface area contributed by atoms with Gasteiger partial charge in [-0.15, -0.1) is 0 Å². The molecule has 1 aromatic carbocycles. The van der Waals surface area contributed by atoms with Crippen LogP contribution in [0.4, 0.5) is 8.78 Å². The third-order valence-electron chi connectivity index (χ3n) is 4.44. The number of fused-ring (bicyclic) bond motifs is 1. The minimum Gasteiger partial charge on any atom is -0.465 e. The Bertz CT molecular complexity index is 876. The molecule has 0 aliphatic carbocycles. The average Bonchev–Trinajstić information content (AvgIpc) is 3.06. The van der Waals surface area contributed by atoms with E-state index in [1.165, 1.54) is 30.5 Å². The molecule has 2 N–H and O–H groups in total. The van der Waals surface area contributed by atoms with E-state index in [1.54, 1.807) is 0 Å². The van der Waals surface area contributed by atoms with Crippen LogP contribution in [-0.4, -0.2) is 39.8 Å². The fourth-order valence-electron chi connectivity index (χ4n) is 3.12. The molecule has 1 aliphatic rings. The Hall–Kier alpha value is -2.74. The number of hydrogen-bond donors (Lipinski definition) is 2. The molecule has 8 heteroatoms. The van der Waals surface area contributed by atoms with Crippen molar-refractivity contribution in [1.82, 2.24) is 15.1 Å². The maximum Gasteiger partial charge on any atom is 0.340 e. The van der Waals surface area contributed by atoms with Gasteiger partial charge >= 0.3 is 5.97 Å². The van der Waals surface area contributed by atoms with Crippen LogP contribution in [0.5, 0.6) is 0 Å². The van der Waals surface area contributed by atoms with Crippen molar-refractivity contribution in [3.8, 4) is 0 Å². The van der Waals surface area contributed by atoms with Crippen molar-refractivity contribution < 1.29 is 23.4 Å². The van der Waals surface area contributed by atoms with Gasteiger partial charge in [0.2, 0.25) is 0 Å². The minimum absolute atomic E-state index is 0.170. The number of carbonyl (C=O) groups excluding carboxylic acids is 1. The highest BCUT2D eigenvalue weighted by atomic mass is 19.2. The maximum absolute atomic E-state index is 13.6. The molecule has 2 aromatic rings. The lowest BCUT2D eigenvalue weighted by atomic mass is 9.86. The van der Waals surface area contributed by atoms with Crippen molar-refractivity contribution in [2.75, 3.05) is 13.7 Å². The normalized spacial score (nSPS) is 17.2. The number of ether oxygens (including phenoxy) is 1. The molecule has 3 rings (SSSR count). The number of esters is 1. The summed E-state index contributed by atoms with van der Waals surface area (Å²) in [5, 5.41) is 17.6. The number of benzene rings is 1. The monoisotopic (exact) mass is 363 g/mol. The molecule has 1 atom stereocenters. The number of aromatic nitrogens is 2. The zero-order chi connectivity index (χ0) is 19.1. The molecular weight excluding hydrogens is 344 g/mol. The summed E-state index contributed by atoms with van der Waals surface area (Å²) in [4.78, 5) is 13.7. The summed E-state index contributed by atoms with van der Waals surface area (Å²) in [5.74, 6) is -2.64. The molecule has 1 aliphatic heterocycles. The van der Waals surface area contributed by atoms with Gasteiger partial charge in [-0.2, -0.15) is 5.10 Å². The molecule has 0 spiro atoms. The first-order valence-electron chi connectivity index (χ1n) is 7.97. The lowest BCUT2D eigenvalue weighted by Gasteiger charge is -2.33. The highest BCUT2D eigenvalue weighted by Crippen LogP contribution is 2.36. The van der Waals surface area contributed by atoms with Crippen LogP contribution in [0, 0.1) is 11.6 Å². The first-order chi connectivity index (χ1) is 12.2. The van der Waals surface area contributed by atoms with Gasteiger partial charge in [0.15, 0.2) is 17.9 Å². The molecule has 0 amide bonds. The maximum atomic E-state index is 13.6. The van der Waals surface area contributed by atoms with E-state index in [4.69, 9.17) is 4.74 Å². The lowest BCUT2D eigenvalue weighted by Crippen LogP contribution is -2.36. The second-order valence-corrected chi connectivity index (χ2v) is 6.80. The van der Waals surface area contributed by atoms with E-state index in [-0.39, 0.29) is 11.1 Å². The second-order valence-electron chi connectivity index (χ2n) is 6.80. The fourth-order valence-corrected chi connectivity index (χ4v) is 3.12. The van der Waals surface area contributed by atoms with Gasteiger partial charge < -0.3 is 14.7 Å². The van der Waals surface area contributed by atoms with Crippen LogP contribution in [0.1, 0.15) is 36.9 Å². The first-order valence-corrected chi connectivity index (χ1v) is 7.97. The molecule has 6 nitrogen and oxygen atoms in total. The van der Waals surface area contributed by atoms with Crippen molar-refractivity contribution in [2.24, 2.45) is 0 Å². The highest BCUT2D eigenvalue weighted by molar-refractivity contribution is 6.16. The Balaban J connectivity index is 2.07. The molecule has 0 fully saturated rings. The molecular formula is C18H19F2N3O3. The number of nitrogens with one attached hydrogen (secondary N) is 1. The molecule has 26 heavy (non-hydrogen) atoms. The van der Waals surface area contributed by atoms with E-state index in [2.05, 4.69) is 10.2 Å². The van der Waals surface area contributed by atoms with Crippen LogP contribution >= 0.6 is 0 Å². The second kappa shape index (κ2) is 6.53. The quantitative estimate of drug-likeness (QED) is 0.819. The molecule has 0 radical (unpaired) electrons. The highest BCUT2D eigenvalue weighted by Gasteiger charge is 2.36. The molecule has 0 saturated carbocycles. The minimum atomic E-state index is -1.28. The standard InChI is InChI=1S/C18H19F2N3O3/c1-18(2)9-23(16(24)10-4-5-13(19)14(20)6-10)8-12(17(25)26-3)11-7-21-22-15(11)18/h4-8,16,24H,9H2,1-3H3,(H,21,22). The number of nitrogens with zero attached hydrogens (tertiary/aromatic N) is 2. The van der Waals surface area contributed by atoms with Gasteiger partial charge in [0.05, 0.1) is 24.6 Å². The zero-order valence-electron chi connectivity index (χ0n) is 14.6. The number of halogens is 2. The van der Waals surface area contributed by atoms with E-state index in [0.717, 1.165) is 12.1 Å². The third-order valence-corrected chi connectivity index (χ3v) is 4.44. The average molecular weight is 363 g/mol. The van der Waals surface area contributed by atoms with Gasteiger partial charge in [0, 0.05) is 29.3 Å². The molecule has 0 bridgehead atoms. The van der Waals surface area contributed by atoms with Crippen molar-refractivity contribution in [3.05, 3.63) is 59.1 Å². The van der Waals surface area contributed by atoms with Crippen LogP contribution in [0.2, 0.25) is 0 Å². The van der Waals surface area contributed by atoms with E-state index >= 15 is 0 Å². The van der Waals surface area contributed by atoms with Gasteiger partial charge in [0.1, 0.15) is 0 Å². The van der Waals surface area contributed by atoms with Crippen LogP contribution in [-0.2, 0) is 14.9 Å². The molecule has 138 valence electrons. The topological polar surface area (TPSA) is 78.5 Å². The van der Waals surface area contributed by atoms with Crippen molar-refractivity contribution in [2.45, 2.75) is 25.5 Å². The van der Waals surface area contributed by atoms with E-state index in [0.29, 0.717) is 17.8 Å². The van der Waals surface area contributed by atoms with Gasteiger partial charge in [-0.05, 0) is 12.1 Å². The Kier molecular flexibility index (Phi) is 4.53.